The van der Waals surface area contributed by atoms with Gasteiger partial charge in [-0.1, -0.05) is 26.0 Å². The topological polar surface area (TPSA) is 41.1 Å². The summed E-state index contributed by atoms with van der Waals surface area (Å²) < 4.78 is 12.7. The first-order chi connectivity index (χ1) is 8.49. The summed E-state index contributed by atoms with van der Waals surface area (Å²) in [6.45, 7) is 7.16. The molecule has 0 saturated heterocycles. The molecule has 4 heteroatoms. The number of carbonyl (C=O) groups is 1. The maximum atomic E-state index is 12.7. The number of hydrogen-bond acceptors (Lipinski definition) is 2. The fourth-order valence-electron chi connectivity index (χ4n) is 1.42. The van der Waals surface area contributed by atoms with Crippen LogP contribution < -0.4 is 10.6 Å². The zero-order valence-electron chi connectivity index (χ0n) is 11.2. The molecule has 2 N–H and O–H groups in total. The molecule has 1 aromatic carbocycles. The second kappa shape index (κ2) is 7.11. The Morgan fingerprint density at radius 2 is 1.83 bits per heavy atom. The Bertz CT molecular complexity index is 376. The number of halogens is 1. The van der Waals surface area contributed by atoms with E-state index in [1.165, 1.54) is 12.1 Å². The van der Waals surface area contributed by atoms with Gasteiger partial charge in [-0.15, -0.1) is 0 Å². The predicted molar refractivity (Wildman–Crippen MR) is 70.5 cm³/mol. The van der Waals surface area contributed by atoms with E-state index in [1.54, 1.807) is 12.1 Å². The van der Waals surface area contributed by atoms with E-state index in [0.717, 1.165) is 5.56 Å². The maximum absolute atomic E-state index is 12.7. The highest BCUT2D eigenvalue weighted by Gasteiger charge is 2.11. The van der Waals surface area contributed by atoms with Gasteiger partial charge in [0.15, 0.2) is 0 Å². The average molecular weight is 252 g/mol. The molecule has 0 saturated carbocycles. The molecule has 1 rings (SSSR count). The van der Waals surface area contributed by atoms with Crippen LogP contribution in [-0.4, -0.2) is 18.5 Å². The number of benzene rings is 1. The van der Waals surface area contributed by atoms with Gasteiger partial charge in [0.25, 0.3) is 0 Å². The molecule has 0 spiro atoms. The lowest BCUT2D eigenvalue weighted by Crippen LogP contribution is -2.42. The molecule has 100 valence electrons. The molecule has 0 aliphatic carbocycles. The Balaban J connectivity index is 2.34. The first-order valence-electron chi connectivity index (χ1n) is 6.24. The van der Waals surface area contributed by atoms with Crippen molar-refractivity contribution >= 4 is 5.91 Å². The fourth-order valence-corrected chi connectivity index (χ4v) is 1.42. The van der Waals surface area contributed by atoms with Gasteiger partial charge in [0.05, 0.1) is 6.04 Å². The molecule has 0 bridgehead atoms. The molecular formula is C14H21FN2O. The van der Waals surface area contributed by atoms with Crippen LogP contribution in [0.1, 0.15) is 26.3 Å². The lowest BCUT2D eigenvalue weighted by atomic mass is 10.2. The Morgan fingerprint density at radius 3 is 2.39 bits per heavy atom. The fraction of sp³-hybridized carbons (Fsp3) is 0.500. The summed E-state index contributed by atoms with van der Waals surface area (Å²) in [7, 11) is 0. The van der Waals surface area contributed by atoms with Crippen molar-refractivity contribution in [2.24, 2.45) is 5.92 Å². The zero-order valence-corrected chi connectivity index (χ0v) is 11.2. The molecule has 0 heterocycles. The molecule has 0 fully saturated rings. The van der Waals surface area contributed by atoms with Crippen molar-refractivity contribution in [2.75, 3.05) is 6.54 Å². The van der Waals surface area contributed by atoms with Crippen LogP contribution >= 0.6 is 0 Å². The van der Waals surface area contributed by atoms with Crippen molar-refractivity contribution in [1.82, 2.24) is 10.6 Å². The number of nitrogens with one attached hydrogen (secondary N) is 2. The zero-order chi connectivity index (χ0) is 13.5. The average Bonchev–Trinajstić information content (AvgIpc) is 2.34. The Hall–Kier alpha value is -1.42. The maximum Gasteiger partial charge on any atom is 0.236 e. The number of carbonyl (C=O) groups excluding carboxylic acids is 1. The van der Waals surface area contributed by atoms with E-state index in [1.807, 2.05) is 6.92 Å². The summed E-state index contributed by atoms with van der Waals surface area (Å²) in [5.41, 5.74) is 0.958. The standard InChI is InChI=1S/C14H21FN2O/c1-10(2)8-17-14(18)11(3)16-9-12-4-6-13(15)7-5-12/h4-7,10-11,16H,8-9H2,1-3H3,(H,17,18). The highest BCUT2D eigenvalue weighted by atomic mass is 19.1. The first-order valence-corrected chi connectivity index (χ1v) is 6.24. The molecule has 0 aliphatic rings. The lowest BCUT2D eigenvalue weighted by molar-refractivity contribution is -0.122. The van der Waals surface area contributed by atoms with E-state index in [0.29, 0.717) is 19.0 Å². The van der Waals surface area contributed by atoms with Crippen LogP contribution in [0, 0.1) is 11.7 Å². The van der Waals surface area contributed by atoms with Gasteiger partial charge in [-0.25, -0.2) is 4.39 Å². The largest absolute Gasteiger partial charge is 0.354 e. The SMILES string of the molecule is CC(C)CNC(=O)C(C)NCc1ccc(F)cc1. The number of hydrogen-bond donors (Lipinski definition) is 2. The van der Waals surface area contributed by atoms with E-state index < -0.39 is 0 Å². The lowest BCUT2D eigenvalue weighted by Gasteiger charge is -2.15. The summed E-state index contributed by atoms with van der Waals surface area (Å²) >= 11 is 0. The van der Waals surface area contributed by atoms with Crippen LogP contribution in [0.4, 0.5) is 4.39 Å². The van der Waals surface area contributed by atoms with Gasteiger partial charge in [-0.05, 0) is 30.5 Å². The Morgan fingerprint density at radius 1 is 1.22 bits per heavy atom. The third-order valence-corrected chi connectivity index (χ3v) is 2.60. The Kier molecular flexibility index (Phi) is 5.78. The van der Waals surface area contributed by atoms with Crippen molar-refractivity contribution in [3.63, 3.8) is 0 Å². The minimum atomic E-state index is -0.256. The molecule has 18 heavy (non-hydrogen) atoms. The second-order valence-corrected chi connectivity index (χ2v) is 4.87. The third-order valence-electron chi connectivity index (χ3n) is 2.60. The van der Waals surface area contributed by atoms with Crippen molar-refractivity contribution in [3.05, 3.63) is 35.6 Å². The molecule has 0 aromatic heterocycles. The van der Waals surface area contributed by atoms with E-state index >= 15 is 0 Å². The van der Waals surface area contributed by atoms with E-state index in [-0.39, 0.29) is 17.8 Å². The van der Waals surface area contributed by atoms with Crippen LogP contribution in [0.3, 0.4) is 0 Å². The van der Waals surface area contributed by atoms with Crippen molar-refractivity contribution < 1.29 is 9.18 Å². The third kappa shape index (κ3) is 5.27. The van der Waals surface area contributed by atoms with E-state index in [2.05, 4.69) is 24.5 Å². The minimum Gasteiger partial charge on any atom is -0.354 e. The normalized spacial score (nSPS) is 12.5. The van der Waals surface area contributed by atoms with Crippen molar-refractivity contribution in [1.29, 1.82) is 0 Å². The van der Waals surface area contributed by atoms with Crippen molar-refractivity contribution in [3.8, 4) is 0 Å². The van der Waals surface area contributed by atoms with Gasteiger partial charge < -0.3 is 10.6 Å². The van der Waals surface area contributed by atoms with Crippen LogP contribution in [0.5, 0.6) is 0 Å². The molecule has 3 nitrogen and oxygen atoms in total. The van der Waals surface area contributed by atoms with E-state index in [4.69, 9.17) is 0 Å². The molecule has 1 aromatic rings. The summed E-state index contributed by atoms with van der Waals surface area (Å²) in [6.07, 6.45) is 0. The van der Waals surface area contributed by atoms with Gasteiger partial charge in [-0.2, -0.15) is 0 Å². The van der Waals surface area contributed by atoms with Gasteiger partial charge in [0.2, 0.25) is 5.91 Å². The summed E-state index contributed by atoms with van der Waals surface area (Å²) in [5, 5.41) is 5.97. The first kappa shape index (κ1) is 14.6. The highest BCUT2D eigenvalue weighted by Crippen LogP contribution is 2.02. The number of rotatable bonds is 6. The van der Waals surface area contributed by atoms with Crippen LogP contribution in [0.25, 0.3) is 0 Å². The predicted octanol–water partition coefficient (Wildman–Crippen LogP) is 2.08. The summed E-state index contributed by atoms with van der Waals surface area (Å²) in [6, 6.07) is 6.00. The van der Waals surface area contributed by atoms with Crippen LogP contribution in [0.2, 0.25) is 0 Å². The number of amides is 1. The second-order valence-electron chi connectivity index (χ2n) is 4.87. The van der Waals surface area contributed by atoms with Gasteiger partial charge in [0, 0.05) is 13.1 Å². The van der Waals surface area contributed by atoms with Gasteiger partial charge in [-0.3, -0.25) is 4.79 Å². The monoisotopic (exact) mass is 252 g/mol. The molecule has 1 amide bonds. The molecule has 0 aliphatic heterocycles. The van der Waals surface area contributed by atoms with Crippen molar-refractivity contribution in [2.45, 2.75) is 33.4 Å². The molecule has 0 radical (unpaired) electrons. The summed E-state index contributed by atoms with van der Waals surface area (Å²) in [4.78, 5) is 11.7. The molecular weight excluding hydrogens is 231 g/mol. The Labute approximate surface area is 108 Å². The highest BCUT2D eigenvalue weighted by molar-refractivity contribution is 5.81. The quantitative estimate of drug-likeness (QED) is 0.814. The van der Waals surface area contributed by atoms with Gasteiger partial charge in [0.1, 0.15) is 5.82 Å². The smallest absolute Gasteiger partial charge is 0.236 e. The van der Waals surface area contributed by atoms with Crippen LogP contribution in [-0.2, 0) is 11.3 Å². The van der Waals surface area contributed by atoms with Crippen LogP contribution in [0.15, 0.2) is 24.3 Å². The minimum absolute atomic E-state index is 0.00851. The summed E-state index contributed by atoms with van der Waals surface area (Å²) in [5.74, 6) is 0.186. The van der Waals surface area contributed by atoms with E-state index in [9.17, 15) is 9.18 Å². The molecule has 1 atom stereocenters. The molecule has 1 unspecified atom stereocenters. The van der Waals surface area contributed by atoms with Gasteiger partial charge >= 0.3 is 0 Å².